The Bertz CT molecular complexity index is 358. The summed E-state index contributed by atoms with van der Waals surface area (Å²) in [5.41, 5.74) is 1.23. The van der Waals surface area contributed by atoms with Crippen molar-refractivity contribution in [2.75, 3.05) is 14.2 Å². The second-order valence-electron chi connectivity index (χ2n) is 3.36. The van der Waals surface area contributed by atoms with Crippen LogP contribution in [0.25, 0.3) is 0 Å². The van der Waals surface area contributed by atoms with E-state index >= 15 is 0 Å². The Morgan fingerprint density at radius 3 is 2.56 bits per heavy atom. The van der Waals surface area contributed by atoms with Crippen molar-refractivity contribution in [3.05, 3.63) is 29.8 Å². The fourth-order valence-corrected chi connectivity index (χ4v) is 2.91. The molecule has 3 nitrogen and oxygen atoms in total. The van der Waals surface area contributed by atoms with Crippen LogP contribution in [-0.4, -0.2) is 23.5 Å². The predicted molar refractivity (Wildman–Crippen MR) is 64.4 cm³/mol. The van der Waals surface area contributed by atoms with E-state index in [1.165, 1.54) is 5.56 Å². The molecule has 0 unspecified atom stereocenters. The van der Waals surface area contributed by atoms with Crippen LogP contribution in [0.1, 0.15) is 18.4 Å². The molecular formula is C12H16NO2Si. The summed E-state index contributed by atoms with van der Waals surface area (Å²) in [7, 11) is 1.99. The lowest BCUT2D eigenvalue weighted by atomic mass is 10.1. The van der Waals surface area contributed by atoms with Crippen LogP contribution in [0.2, 0.25) is 0 Å². The van der Waals surface area contributed by atoms with Crippen LogP contribution < -0.4 is 5.19 Å². The maximum Gasteiger partial charge on any atom is 0.423 e. The Morgan fingerprint density at radius 2 is 1.94 bits per heavy atom. The van der Waals surface area contributed by atoms with Crippen LogP contribution in [-0.2, 0) is 15.3 Å². The van der Waals surface area contributed by atoms with Gasteiger partial charge in [-0.05, 0) is 23.6 Å². The van der Waals surface area contributed by atoms with E-state index in [0.29, 0.717) is 6.42 Å². The molecule has 85 valence electrons. The van der Waals surface area contributed by atoms with Crippen molar-refractivity contribution in [1.82, 2.24) is 0 Å². The molecule has 16 heavy (non-hydrogen) atoms. The van der Waals surface area contributed by atoms with E-state index in [4.69, 9.17) is 14.1 Å². The minimum Gasteiger partial charge on any atom is -0.393 e. The molecule has 0 fully saturated rings. The van der Waals surface area contributed by atoms with Gasteiger partial charge in [-0.2, -0.15) is 5.26 Å². The number of hydrogen-bond donors (Lipinski definition) is 0. The summed E-state index contributed by atoms with van der Waals surface area (Å²) in [5.74, 6) is 0. The zero-order chi connectivity index (χ0) is 11.8. The second kappa shape index (κ2) is 7.18. The molecule has 0 spiro atoms. The van der Waals surface area contributed by atoms with Gasteiger partial charge in [0.1, 0.15) is 0 Å². The molecule has 0 bridgehead atoms. The summed E-state index contributed by atoms with van der Waals surface area (Å²) in [6.45, 7) is 0. The van der Waals surface area contributed by atoms with Crippen LogP contribution in [0.15, 0.2) is 24.3 Å². The van der Waals surface area contributed by atoms with Crippen LogP contribution >= 0.6 is 0 Å². The molecule has 0 heterocycles. The third-order valence-corrected chi connectivity index (χ3v) is 4.01. The third kappa shape index (κ3) is 3.45. The molecule has 0 saturated heterocycles. The van der Waals surface area contributed by atoms with Crippen LogP contribution in [0.4, 0.5) is 0 Å². The SMILES string of the molecule is CO[Si](OC)c1ccccc1CCCC#N. The topological polar surface area (TPSA) is 42.2 Å². The molecule has 1 rings (SSSR count). The van der Waals surface area contributed by atoms with E-state index in [-0.39, 0.29) is 0 Å². The Morgan fingerprint density at radius 1 is 1.25 bits per heavy atom. The summed E-state index contributed by atoms with van der Waals surface area (Å²) < 4.78 is 10.7. The number of unbranched alkanes of at least 4 members (excludes halogenated alkanes) is 1. The normalized spacial score (nSPS) is 10.4. The molecule has 0 aliphatic carbocycles. The highest BCUT2D eigenvalue weighted by atomic mass is 28.3. The van der Waals surface area contributed by atoms with Crippen LogP contribution in [0.3, 0.4) is 0 Å². The van der Waals surface area contributed by atoms with E-state index < -0.39 is 9.28 Å². The number of nitriles is 1. The highest BCUT2D eigenvalue weighted by Gasteiger charge is 2.18. The molecule has 0 atom stereocenters. The molecule has 0 aliphatic heterocycles. The van der Waals surface area contributed by atoms with E-state index in [1.807, 2.05) is 18.2 Å². The van der Waals surface area contributed by atoms with Crippen molar-refractivity contribution >= 4 is 14.5 Å². The first-order valence-corrected chi connectivity index (χ1v) is 6.55. The van der Waals surface area contributed by atoms with Crippen LogP contribution in [0.5, 0.6) is 0 Å². The fourth-order valence-electron chi connectivity index (χ4n) is 1.60. The fraction of sp³-hybridized carbons (Fsp3) is 0.417. The van der Waals surface area contributed by atoms with Gasteiger partial charge in [-0.15, -0.1) is 0 Å². The van der Waals surface area contributed by atoms with Crippen molar-refractivity contribution in [3.8, 4) is 6.07 Å². The average molecular weight is 234 g/mol. The minimum absolute atomic E-state index is 0.594. The molecule has 4 heteroatoms. The zero-order valence-corrected chi connectivity index (χ0v) is 10.7. The average Bonchev–Trinajstić information content (AvgIpc) is 2.33. The predicted octanol–water partition coefficient (Wildman–Crippen LogP) is 1.52. The van der Waals surface area contributed by atoms with Gasteiger partial charge in [-0.3, -0.25) is 0 Å². The number of rotatable bonds is 6. The lowest BCUT2D eigenvalue weighted by Crippen LogP contribution is -2.37. The summed E-state index contributed by atoms with van der Waals surface area (Å²) in [6, 6.07) is 10.3. The Balaban J connectivity index is 2.78. The van der Waals surface area contributed by atoms with Crippen molar-refractivity contribution < 1.29 is 8.85 Å². The first-order chi connectivity index (χ1) is 7.83. The summed E-state index contributed by atoms with van der Waals surface area (Å²) in [5, 5.41) is 9.67. The third-order valence-electron chi connectivity index (χ3n) is 2.34. The Hall–Kier alpha value is -1.15. The molecule has 0 aliphatic rings. The number of nitrogens with zero attached hydrogens (tertiary/aromatic N) is 1. The lowest BCUT2D eigenvalue weighted by molar-refractivity contribution is 0.291. The Labute approximate surface area is 98.5 Å². The molecule has 1 radical (unpaired) electrons. The minimum atomic E-state index is -1.35. The summed E-state index contributed by atoms with van der Waals surface area (Å²) >= 11 is 0. The van der Waals surface area contributed by atoms with Crippen molar-refractivity contribution in [2.45, 2.75) is 19.3 Å². The van der Waals surface area contributed by atoms with Gasteiger partial charge in [-0.25, -0.2) is 0 Å². The molecule has 0 aromatic heterocycles. The molecule has 1 aromatic rings. The molecular weight excluding hydrogens is 218 g/mol. The maximum absolute atomic E-state index is 8.52. The van der Waals surface area contributed by atoms with Gasteiger partial charge in [0.05, 0.1) is 6.07 Å². The van der Waals surface area contributed by atoms with Crippen molar-refractivity contribution in [2.24, 2.45) is 0 Å². The second-order valence-corrected chi connectivity index (χ2v) is 5.29. The molecule has 0 amide bonds. The monoisotopic (exact) mass is 234 g/mol. The van der Waals surface area contributed by atoms with Gasteiger partial charge in [0.25, 0.3) is 0 Å². The van der Waals surface area contributed by atoms with Gasteiger partial charge in [0, 0.05) is 20.6 Å². The van der Waals surface area contributed by atoms with Crippen molar-refractivity contribution in [1.29, 1.82) is 5.26 Å². The molecule has 0 saturated carbocycles. The standard InChI is InChI=1S/C12H16NO2Si/c1-14-16(15-2)12-9-4-3-7-11(12)8-5-6-10-13/h3-4,7,9H,5-6,8H2,1-2H3. The highest BCUT2D eigenvalue weighted by Crippen LogP contribution is 2.04. The summed E-state index contributed by atoms with van der Waals surface area (Å²) in [6.07, 6.45) is 2.39. The summed E-state index contributed by atoms with van der Waals surface area (Å²) in [4.78, 5) is 0. The largest absolute Gasteiger partial charge is 0.423 e. The van der Waals surface area contributed by atoms with Crippen molar-refractivity contribution in [3.63, 3.8) is 0 Å². The lowest BCUT2D eigenvalue weighted by Gasteiger charge is -2.13. The maximum atomic E-state index is 8.52. The van der Waals surface area contributed by atoms with E-state index in [9.17, 15) is 0 Å². The Kier molecular flexibility index (Phi) is 5.79. The van der Waals surface area contributed by atoms with Gasteiger partial charge >= 0.3 is 9.28 Å². The zero-order valence-electron chi connectivity index (χ0n) is 9.69. The van der Waals surface area contributed by atoms with Gasteiger partial charge in [-0.1, -0.05) is 24.3 Å². The first kappa shape index (κ1) is 12.9. The van der Waals surface area contributed by atoms with E-state index in [0.717, 1.165) is 18.0 Å². The number of hydrogen-bond acceptors (Lipinski definition) is 3. The smallest absolute Gasteiger partial charge is 0.393 e. The van der Waals surface area contributed by atoms with E-state index in [1.54, 1.807) is 14.2 Å². The van der Waals surface area contributed by atoms with Crippen LogP contribution in [0, 0.1) is 11.3 Å². The highest BCUT2D eigenvalue weighted by molar-refractivity contribution is 6.61. The molecule has 0 N–H and O–H groups in total. The first-order valence-electron chi connectivity index (χ1n) is 5.23. The van der Waals surface area contributed by atoms with Gasteiger partial charge < -0.3 is 8.85 Å². The number of benzene rings is 1. The van der Waals surface area contributed by atoms with E-state index in [2.05, 4.69) is 12.1 Å². The quantitative estimate of drug-likeness (QED) is 0.553. The number of aryl methyl sites for hydroxylation is 1. The van der Waals surface area contributed by atoms with Gasteiger partial charge in [0.2, 0.25) is 0 Å². The van der Waals surface area contributed by atoms with Gasteiger partial charge in [0.15, 0.2) is 0 Å². The molecule has 1 aromatic carbocycles.